The van der Waals surface area contributed by atoms with Crippen molar-refractivity contribution in [2.75, 3.05) is 0 Å². The van der Waals surface area contributed by atoms with Crippen LogP contribution >= 0.6 is 0 Å². The number of hydrogen-bond acceptors (Lipinski definition) is 3. The fraction of sp³-hybridized carbons (Fsp3) is 0.0244. The van der Waals surface area contributed by atoms with Crippen LogP contribution in [0.4, 0.5) is 93.6 Å². The number of ketones is 1. The van der Waals surface area contributed by atoms with Gasteiger partial charge in [-0.15, -0.1) is 26.4 Å². The molecule has 1 heterocycles. The molecule has 0 spiro atoms. The molecule has 6 aromatic carbocycles. The first kappa shape index (κ1) is 48.9. The third-order valence-electron chi connectivity index (χ3n) is 10.2. The molecule has 348 valence electrons. The molecule has 0 unspecified atom stereocenters. The average molecular weight is 972 g/mol. The molecule has 7 aromatic rings. The summed E-state index contributed by atoms with van der Waals surface area (Å²) < 4.78 is 295. The summed E-state index contributed by atoms with van der Waals surface area (Å²) in [5.74, 6) is -71.6. The third-order valence-corrected chi connectivity index (χ3v) is 10.2. The van der Waals surface area contributed by atoms with Crippen LogP contribution in [0.15, 0.2) is 66.9 Å². The standard InChI is InChI=1S/C24BF20.C17H13N2O3/c26-5-1(6(27)14(35)21(42)13(5)34)25(2-7(28)15(36)22(43)16(37)8(2)29,3-9(30)17(38)23(44)18(39)10(3)31)4-11(32)19(40)24(45)20(41)12(4)33;20-16(14-7-2-1-3-8-14)12-18-11-10-13-6-4-5-9-15(13)17(18)19(21)22/h;1-11H,12H2/q-1;+1. The van der Waals surface area contributed by atoms with Gasteiger partial charge in [0.25, 0.3) is 0 Å². The topological polar surface area (TPSA) is 64.1 Å². The Kier molecular flexibility index (Phi) is 13.2. The zero-order valence-corrected chi connectivity index (χ0v) is 31.8. The molecule has 5 nitrogen and oxygen atoms in total. The van der Waals surface area contributed by atoms with Crippen molar-refractivity contribution in [3.05, 3.63) is 199 Å². The lowest BCUT2D eigenvalue weighted by Gasteiger charge is -2.44. The minimum absolute atomic E-state index is 0.0643. The lowest BCUT2D eigenvalue weighted by molar-refractivity contribution is -0.723. The van der Waals surface area contributed by atoms with Crippen molar-refractivity contribution in [3.63, 3.8) is 0 Å². The van der Waals surface area contributed by atoms with Gasteiger partial charge in [-0.3, -0.25) is 14.9 Å². The summed E-state index contributed by atoms with van der Waals surface area (Å²) in [5, 5.41) is 12.7. The SMILES string of the molecule is Fc1c(F)c(F)c([B-](c2c(F)c(F)c(F)c(F)c2F)(c2c(F)c(F)c(F)c(F)c2F)c2c(F)c(F)c(F)c(F)c2F)c(F)c1F.O=C(C[n+]1ccc2ccccc2c1[N+](=O)[O-])c1ccccc1. The number of Topliss-reactive ketones (excluding diaryl/α,β-unsaturated/α-hetero) is 1. The van der Waals surface area contributed by atoms with Crippen molar-refractivity contribution in [3.8, 4) is 0 Å². The number of aromatic nitrogens is 1. The summed E-state index contributed by atoms with van der Waals surface area (Å²) in [6.45, 7) is -0.0643. The van der Waals surface area contributed by atoms with Crippen LogP contribution in [0.5, 0.6) is 0 Å². The number of nitrogens with zero attached hydrogens (tertiary/aromatic N) is 2. The minimum atomic E-state index is -7.22. The Labute approximate surface area is 357 Å². The van der Waals surface area contributed by atoms with E-state index in [1.807, 2.05) is 18.2 Å². The fourth-order valence-corrected chi connectivity index (χ4v) is 7.32. The third kappa shape index (κ3) is 7.61. The van der Waals surface area contributed by atoms with Gasteiger partial charge in [0.2, 0.25) is 12.3 Å². The summed E-state index contributed by atoms with van der Waals surface area (Å²) in [6, 6.07) is 17.6. The van der Waals surface area contributed by atoms with Crippen LogP contribution in [-0.4, -0.2) is 16.9 Å². The highest BCUT2D eigenvalue weighted by Gasteiger charge is 2.52. The Morgan fingerprint density at radius 2 is 0.701 bits per heavy atom. The Morgan fingerprint density at radius 3 is 1.01 bits per heavy atom. The van der Waals surface area contributed by atoms with E-state index in [0.29, 0.717) is 10.9 Å². The molecule has 7 rings (SSSR count). The lowest BCUT2D eigenvalue weighted by Crippen LogP contribution is -2.81. The lowest BCUT2D eigenvalue weighted by atomic mass is 9.12. The number of carbonyl (C=O) groups excluding carboxylic acids is 1. The zero-order chi connectivity index (χ0) is 49.9. The number of carbonyl (C=O) groups is 1. The second-order valence-corrected chi connectivity index (χ2v) is 13.7. The van der Waals surface area contributed by atoms with Gasteiger partial charge in [-0.05, 0) is 6.07 Å². The van der Waals surface area contributed by atoms with Crippen LogP contribution in [0.25, 0.3) is 10.8 Å². The molecule has 0 amide bonds. The summed E-state index contributed by atoms with van der Waals surface area (Å²) in [7, 11) is 0. The molecule has 26 heteroatoms. The van der Waals surface area contributed by atoms with Crippen molar-refractivity contribution in [1.82, 2.24) is 0 Å². The zero-order valence-electron chi connectivity index (χ0n) is 31.8. The number of fused-ring (bicyclic) bond motifs is 1. The number of rotatable bonds is 8. The quantitative estimate of drug-likeness (QED) is 0.0224. The second-order valence-electron chi connectivity index (χ2n) is 13.7. The smallest absolute Gasteiger partial charge is 0.287 e. The van der Waals surface area contributed by atoms with Crippen molar-refractivity contribution in [2.45, 2.75) is 6.54 Å². The maximum atomic E-state index is 15.4. The van der Waals surface area contributed by atoms with Crippen LogP contribution in [0.3, 0.4) is 0 Å². The predicted octanol–water partition coefficient (Wildman–Crippen LogP) is 8.76. The summed E-state index contributed by atoms with van der Waals surface area (Å²) in [5.41, 5.74) is -13.8. The first-order valence-electron chi connectivity index (χ1n) is 17.7. The maximum absolute atomic E-state index is 15.4. The molecule has 0 fully saturated rings. The van der Waals surface area contributed by atoms with Gasteiger partial charge in [0.05, 0.1) is 0 Å². The van der Waals surface area contributed by atoms with E-state index in [9.17, 15) is 67.6 Å². The first-order chi connectivity index (χ1) is 31.4. The van der Waals surface area contributed by atoms with E-state index < -0.39 is 149 Å². The number of pyridine rings is 1. The van der Waals surface area contributed by atoms with Gasteiger partial charge in [0, 0.05) is 17.0 Å². The van der Waals surface area contributed by atoms with E-state index in [2.05, 4.69) is 0 Å². The van der Waals surface area contributed by atoms with Gasteiger partial charge >= 0.3 is 5.82 Å². The Morgan fingerprint density at radius 1 is 0.418 bits per heavy atom. The van der Waals surface area contributed by atoms with Crippen molar-refractivity contribution < 1.29 is 102 Å². The minimum Gasteiger partial charge on any atom is -0.287 e. The fourth-order valence-electron chi connectivity index (χ4n) is 7.32. The number of halogens is 20. The average Bonchev–Trinajstić information content (AvgIpc) is 3.31. The van der Waals surface area contributed by atoms with Crippen molar-refractivity contribution in [1.29, 1.82) is 0 Å². The van der Waals surface area contributed by atoms with Gasteiger partial charge in [0.1, 0.15) is 63.0 Å². The molecule has 0 saturated heterocycles. The largest absolute Gasteiger partial charge is 0.509 e. The van der Waals surface area contributed by atoms with E-state index in [0.717, 1.165) is 5.39 Å². The van der Waals surface area contributed by atoms with Crippen LogP contribution in [0.2, 0.25) is 0 Å². The summed E-state index contributed by atoms with van der Waals surface area (Å²) >= 11 is 0. The van der Waals surface area contributed by atoms with Gasteiger partial charge in [-0.2, -0.15) is 0 Å². The highest BCUT2D eigenvalue weighted by atomic mass is 19.2. The predicted molar refractivity (Wildman–Crippen MR) is 191 cm³/mol. The van der Waals surface area contributed by atoms with Crippen LogP contribution < -0.4 is 26.4 Å². The molecule has 1 aromatic heterocycles. The monoisotopic (exact) mass is 972 g/mol. The molecule has 0 aliphatic carbocycles. The normalized spacial score (nSPS) is 11.5. The van der Waals surface area contributed by atoms with Gasteiger partial charge in [-0.1, -0.05) is 48.5 Å². The summed E-state index contributed by atoms with van der Waals surface area (Å²) in [6.07, 6.45) is -5.63. The Balaban J connectivity index is 0.000000279. The highest BCUT2D eigenvalue weighted by molar-refractivity contribution is 7.20. The maximum Gasteiger partial charge on any atom is 0.509 e. The Bertz CT molecular complexity index is 2850. The van der Waals surface area contributed by atoms with Gasteiger partial charge < -0.3 is 0 Å². The Hall–Kier alpha value is -7.54. The van der Waals surface area contributed by atoms with Crippen LogP contribution in [-0.2, 0) is 6.54 Å². The van der Waals surface area contributed by atoms with E-state index >= 15 is 35.1 Å². The molecular formula is C41H13BF20N2O3. The van der Waals surface area contributed by atoms with E-state index in [-0.39, 0.29) is 18.1 Å². The first-order valence-corrected chi connectivity index (χ1v) is 17.7. The highest BCUT2D eigenvalue weighted by Crippen LogP contribution is 2.31. The van der Waals surface area contributed by atoms with E-state index in [4.69, 9.17) is 0 Å². The van der Waals surface area contributed by atoms with Crippen LogP contribution in [0.1, 0.15) is 10.4 Å². The van der Waals surface area contributed by atoms with Crippen molar-refractivity contribution >= 4 is 50.4 Å². The molecule has 0 bridgehead atoms. The molecular weight excluding hydrogens is 959 g/mol. The molecule has 0 aliphatic rings. The number of benzene rings is 6. The molecule has 0 N–H and O–H groups in total. The summed E-state index contributed by atoms with van der Waals surface area (Å²) in [4.78, 5) is 23.3. The van der Waals surface area contributed by atoms with Crippen LogP contribution in [0, 0.1) is 126 Å². The molecule has 67 heavy (non-hydrogen) atoms. The number of hydrogen-bond donors (Lipinski definition) is 0. The molecule has 0 saturated carbocycles. The number of nitro groups is 1. The van der Waals surface area contributed by atoms with Gasteiger partial charge in [0.15, 0.2) is 76.0 Å². The molecule has 0 radical (unpaired) electrons. The molecule has 0 atom stereocenters. The van der Waals surface area contributed by atoms with E-state index in [1.54, 1.807) is 48.7 Å². The van der Waals surface area contributed by atoms with Crippen molar-refractivity contribution in [2.24, 2.45) is 0 Å². The van der Waals surface area contributed by atoms with E-state index in [1.165, 1.54) is 4.57 Å². The van der Waals surface area contributed by atoms with Gasteiger partial charge in [-0.25, -0.2) is 87.8 Å². The second kappa shape index (κ2) is 18.0. The molecule has 0 aliphatic heterocycles.